The molecule has 1 amide bonds. The third kappa shape index (κ3) is 68.8. The molecule has 0 saturated carbocycles. The third-order valence-corrected chi connectivity index (χ3v) is 17.3. The van der Waals surface area contributed by atoms with Gasteiger partial charge in [-0.15, -0.1) is 0 Å². The van der Waals surface area contributed by atoms with Crippen LogP contribution in [0.4, 0.5) is 0 Å². The molecule has 0 aliphatic heterocycles. The Morgan fingerprint density at radius 1 is 0.337 bits per heavy atom. The van der Waals surface area contributed by atoms with Crippen LogP contribution in [0.25, 0.3) is 0 Å². The minimum atomic E-state index is -0.662. The standard InChI is InChI=1S/C77H145NO5/c1-3-5-7-9-11-13-15-17-46-49-53-57-61-65-69-75(80)74(73-79)78-76(81)70-66-62-58-54-50-47-43-41-39-37-35-33-31-29-27-25-23-21-19-18-20-22-24-26-28-30-32-34-36-38-40-42-44-48-52-56-60-64-68-72-83-77(82)71-67-63-59-55-51-45-16-14-12-10-8-6-4-2/h8,10,14,16,18-19,22,24,74-75,79-80H,3-7,9,11-13,15,17,20-21,23,25-73H2,1-2H3,(H,78,81)/b10-8-,16-14-,19-18-,24-22-. The monoisotopic (exact) mass is 1160 g/mol. The Kier molecular flexibility index (Phi) is 70.4. The molecule has 0 fully saturated rings. The minimum absolute atomic E-state index is 0.00496. The van der Waals surface area contributed by atoms with Gasteiger partial charge in [-0.2, -0.15) is 0 Å². The van der Waals surface area contributed by atoms with Gasteiger partial charge in [0.1, 0.15) is 0 Å². The maximum absolute atomic E-state index is 12.5. The summed E-state index contributed by atoms with van der Waals surface area (Å²) < 4.78 is 5.48. The molecule has 2 atom stereocenters. The average Bonchev–Trinajstić information content (AvgIpc) is 3.49. The molecule has 0 aromatic heterocycles. The van der Waals surface area contributed by atoms with Crippen LogP contribution in [0.15, 0.2) is 48.6 Å². The maximum Gasteiger partial charge on any atom is 0.305 e. The van der Waals surface area contributed by atoms with Crippen LogP contribution in [0.5, 0.6) is 0 Å². The number of carbonyl (C=O) groups is 2. The van der Waals surface area contributed by atoms with Crippen LogP contribution in [0.3, 0.4) is 0 Å². The Labute approximate surface area is 518 Å². The zero-order valence-corrected chi connectivity index (χ0v) is 55.9. The van der Waals surface area contributed by atoms with E-state index in [2.05, 4.69) is 67.8 Å². The largest absolute Gasteiger partial charge is 0.466 e. The van der Waals surface area contributed by atoms with Crippen molar-refractivity contribution in [2.75, 3.05) is 13.2 Å². The topological polar surface area (TPSA) is 95.9 Å². The smallest absolute Gasteiger partial charge is 0.305 e. The zero-order valence-electron chi connectivity index (χ0n) is 55.9. The van der Waals surface area contributed by atoms with Crippen LogP contribution in [0, 0.1) is 0 Å². The predicted molar refractivity (Wildman–Crippen MR) is 366 cm³/mol. The van der Waals surface area contributed by atoms with Crippen molar-refractivity contribution < 1.29 is 24.5 Å². The van der Waals surface area contributed by atoms with Crippen LogP contribution < -0.4 is 5.32 Å². The highest BCUT2D eigenvalue weighted by molar-refractivity contribution is 5.76. The number of aliphatic hydroxyl groups excluding tert-OH is 2. The fraction of sp³-hybridized carbons (Fsp3) is 0.870. The van der Waals surface area contributed by atoms with Crippen LogP contribution >= 0.6 is 0 Å². The van der Waals surface area contributed by atoms with Crippen LogP contribution in [0.2, 0.25) is 0 Å². The van der Waals surface area contributed by atoms with Crippen molar-refractivity contribution in [3.63, 3.8) is 0 Å². The number of hydrogen-bond acceptors (Lipinski definition) is 5. The van der Waals surface area contributed by atoms with E-state index in [0.29, 0.717) is 25.9 Å². The second-order valence-electron chi connectivity index (χ2n) is 25.6. The van der Waals surface area contributed by atoms with Crippen LogP contribution in [0.1, 0.15) is 406 Å². The average molecular weight is 1170 g/mol. The Morgan fingerprint density at radius 3 is 0.964 bits per heavy atom. The summed E-state index contributed by atoms with van der Waals surface area (Å²) in [5, 5.41) is 23.3. The summed E-state index contributed by atoms with van der Waals surface area (Å²) in [5.41, 5.74) is 0. The van der Waals surface area contributed by atoms with Crippen molar-refractivity contribution in [1.82, 2.24) is 5.32 Å². The van der Waals surface area contributed by atoms with Gasteiger partial charge in [0.25, 0.3) is 0 Å². The maximum atomic E-state index is 12.5. The number of unbranched alkanes of at least 4 members (excludes halogenated alkanes) is 51. The Balaban J connectivity index is 3.35. The van der Waals surface area contributed by atoms with E-state index in [1.54, 1.807) is 0 Å². The summed E-state index contributed by atoms with van der Waals surface area (Å²) in [6, 6.07) is -0.539. The quantitative estimate of drug-likeness (QED) is 0.0320. The Hall–Kier alpha value is -2.18. The summed E-state index contributed by atoms with van der Waals surface area (Å²) in [6.07, 6.45) is 94.8. The van der Waals surface area contributed by atoms with Crippen molar-refractivity contribution >= 4 is 11.9 Å². The number of carbonyl (C=O) groups excluding carboxylic acids is 2. The summed E-state index contributed by atoms with van der Waals surface area (Å²) in [4.78, 5) is 24.5. The highest BCUT2D eigenvalue weighted by atomic mass is 16.5. The van der Waals surface area contributed by atoms with Crippen LogP contribution in [-0.2, 0) is 14.3 Å². The molecule has 0 aliphatic rings. The fourth-order valence-corrected chi connectivity index (χ4v) is 11.7. The van der Waals surface area contributed by atoms with Crippen molar-refractivity contribution in [3.05, 3.63) is 48.6 Å². The summed E-state index contributed by atoms with van der Waals surface area (Å²) >= 11 is 0. The van der Waals surface area contributed by atoms with Gasteiger partial charge in [-0.05, 0) is 83.5 Å². The molecule has 0 heterocycles. The van der Waals surface area contributed by atoms with Crippen molar-refractivity contribution in [2.45, 2.75) is 418 Å². The first-order valence-electron chi connectivity index (χ1n) is 37.4. The number of hydrogen-bond donors (Lipinski definition) is 3. The lowest BCUT2D eigenvalue weighted by atomic mass is 10.0. The van der Waals surface area contributed by atoms with Gasteiger partial charge in [0.15, 0.2) is 0 Å². The van der Waals surface area contributed by atoms with Gasteiger partial charge in [0.2, 0.25) is 5.91 Å². The summed E-state index contributed by atoms with van der Waals surface area (Å²) in [6.45, 7) is 4.91. The minimum Gasteiger partial charge on any atom is -0.466 e. The molecule has 6 nitrogen and oxygen atoms in total. The molecular formula is C77H145NO5. The molecule has 0 aliphatic carbocycles. The molecule has 0 aromatic carbocycles. The zero-order chi connectivity index (χ0) is 59.9. The van der Waals surface area contributed by atoms with E-state index in [0.717, 1.165) is 57.8 Å². The Morgan fingerprint density at radius 2 is 0.627 bits per heavy atom. The first-order valence-corrected chi connectivity index (χ1v) is 37.4. The Bertz CT molecular complexity index is 1390. The fourth-order valence-electron chi connectivity index (χ4n) is 11.7. The van der Waals surface area contributed by atoms with E-state index in [9.17, 15) is 19.8 Å². The lowest BCUT2D eigenvalue weighted by Crippen LogP contribution is -2.45. The molecule has 0 bridgehead atoms. The second-order valence-corrected chi connectivity index (χ2v) is 25.6. The van der Waals surface area contributed by atoms with E-state index in [4.69, 9.17) is 4.74 Å². The molecule has 0 saturated heterocycles. The molecule has 0 radical (unpaired) electrons. The van der Waals surface area contributed by atoms with Gasteiger partial charge in [-0.1, -0.05) is 358 Å². The van der Waals surface area contributed by atoms with E-state index >= 15 is 0 Å². The number of amides is 1. The van der Waals surface area contributed by atoms with E-state index in [1.165, 1.54) is 315 Å². The number of allylic oxidation sites excluding steroid dienone is 8. The predicted octanol–water partition coefficient (Wildman–Crippen LogP) is 24.4. The van der Waals surface area contributed by atoms with Gasteiger partial charge in [0.05, 0.1) is 25.4 Å². The first-order chi connectivity index (χ1) is 41.0. The van der Waals surface area contributed by atoms with Crippen molar-refractivity contribution in [1.29, 1.82) is 0 Å². The molecule has 6 heteroatoms. The highest BCUT2D eigenvalue weighted by Gasteiger charge is 2.20. The van der Waals surface area contributed by atoms with E-state index in [-0.39, 0.29) is 18.5 Å². The first kappa shape index (κ1) is 80.8. The number of rotatable bonds is 70. The molecule has 488 valence electrons. The molecule has 3 N–H and O–H groups in total. The van der Waals surface area contributed by atoms with Crippen LogP contribution in [-0.4, -0.2) is 47.4 Å². The number of esters is 1. The summed E-state index contributed by atoms with van der Waals surface area (Å²) in [5.74, 6) is -0.0247. The lowest BCUT2D eigenvalue weighted by Gasteiger charge is -2.22. The SMILES string of the molecule is CCC/C=C\C/C=C\CCCCCCCC(=O)OCCCCCCCCCCCCCCCCC/C=C\C/C=C\CCCCCCCCCCCCCCCCCCCC(=O)NC(CO)C(O)CCCCCCCCCCCCCCCC. The molecular weight excluding hydrogens is 1020 g/mol. The molecule has 2 unspecified atom stereocenters. The van der Waals surface area contributed by atoms with E-state index < -0.39 is 12.1 Å². The van der Waals surface area contributed by atoms with Crippen molar-refractivity contribution in [2.24, 2.45) is 0 Å². The number of ether oxygens (including phenoxy) is 1. The second kappa shape index (κ2) is 72.3. The molecule has 0 rings (SSSR count). The van der Waals surface area contributed by atoms with Gasteiger partial charge >= 0.3 is 5.97 Å². The lowest BCUT2D eigenvalue weighted by molar-refractivity contribution is -0.143. The van der Waals surface area contributed by atoms with Gasteiger partial charge in [-0.3, -0.25) is 9.59 Å². The number of nitrogens with one attached hydrogen (secondary N) is 1. The summed E-state index contributed by atoms with van der Waals surface area (Å²) in [7, 11) is 0. The molecule has 0 aromatic rings. The normalized spacial score (nSPS) is 12.8. The third-order valence-electron chi connectivity index (χ3n) is 17.3. The molecule has 0 spiro atoms. The molecule has 83 heavy (non-hydrogen) atoms. The van der Waals surface area contributed by atoms with Gasteiger partial charge in [-0.25, -0.2) is 0 Å². The van der Waals surface area contributed by atoms with Gasteiger partial charge < -0.3 is 20.3 Å². The van der Waals surface area contributed by atoms with Gasteiger partial charge in [0, 0.05) is 12.8 Å². The highest BCUT2D eigenvalue weighted by Crippen LogP contribution is 2.19. The number of aliphatic hydroxyl groups is 2. The van der Waals surface area contributed by atoms with Crippen molar-refractivity contribution in [3.8, 4) is 0 Å². The van der Waals surface area contributed by atoms with E-state index in [1.807, 2.05) is 0 Å².